The van der Waals surface area contributed by atoms with Crippen LogP contribution in [0.5, 0.6) is 0 Å². The smallest absolute Gasteiger partial charge is 0.328 e. The molecule has 0 unspecified atom stereocenters. The maximum atomic E-state index is 11.8. The van der Waals surface area contributed by atoms with E-state index in [1.165, 1.54) is 25.1 Å². The van der Waals surface area contributed by atoms with E-state index in [0.29, 0.717) is 11.3 Å². The van der Waals surface area contributed by atoms with Crippen molar-refractivity contribution in [3.63, 3.8) is 0 Å². The molecule has 0 saturated carbocycles. The van der Waals surface area contributed by atoms with Crippen LogP contribution in [0.1, 0.15) is 18.9 Å². The summed E-state index contributed by atoms with van der Waals surface area (Å²) in [5, 5.41) is 26.1. The van der Waals surface area contributed by atoms with Gasteiger partial charge in [-0.05, 0) is 18.6 Å². The lowest BCUT2D eigenvalue weighted by molar-refractivity contribution is -0.384. The molecular weight excluding hydrogens is 330 g/mol. The summed E-state index contributed by atoms with van der Waals surface area (Å²) >= 11 is 0. The molecule has 0 atom stereocenters. The van der Waals surface area contributed by atoms with Gasteiger partial charge in [-0.1, -0.05) is 6.92 Å². The predicted octanol–water partition coefficient (Wildman–Crippen LogP) is 1.48. The fraction of sp³-hybridized carbons (Fsp3) is 0.200. The van der Waals surface area contributed by atoms with Crippen LogP contribution in [0.4, 0.5) is 16.2 Å². The molecule has 0 heterocycles. The second-order valence-corrected chi connectivity index (χ2v) is 4.76. The molecule has 0 bridgehead atoms. The van der Waals surface area contributed by atoms with Crippen LogP contribution in [0.3, 0.4) is 0 Å². The molecule has 3 N–H and O–H groups in total. The van der Waals surface area contributed by atoms with E-state index in [-0.39, 0.29) is 12.1 Å². The van der Waals surface area contributed by atoms with Crippen molar-refractivity contribution in [2.45, 2.75) is 20.3 Å². The van der Waals surface area contributed by atoms with Crippen molar-refractivity contribution in [1.82, 2.24) is 10.6 Å². The summed E-state index contributed by atoms with van der Waals surface area (Å²) in [6.07, 6.45) is 1.11. The monoisotopic (exact) mass is 345 g/mol. The average molecular weight is 345 g/mol. The molecular formula is C15H15N5O5. The van der Waals surface area contributed by atoms with Crippen LogP contribution < -0.4 is 16.0 Å². The van der Waals surface area contributed by atoms with Gasteiger partial charge in [-0.25, -0.2) is 4.79 Å². The molecule has 1 aromatic carbocycles. The predicted molar refractivity (Wildman–Crippen MR) is 87.1 cm³/mol. The maximum Gasteiger partial charge on any atom is 0.328 e. The van der Waals surface area contributed by atoms with Crippen LogP contribution in [0.2, 0.25) is 0 Å². The lowest BCUT2D eigenvalue weighted by atomic mass is 10.2. The lowest BCUT2D eigenvalue weighted by Crippen LogP contribution is -2.42. The van der Waals surface area contributed by atoms with Crippen molar-refractivity contribution in [2.75, 3.05) is 5.32 Å². The summed E-state index contributed by atoms with van der Waals surface area (Å²) in [6, 6.07) is 4.58. The normalized spacial score (nSPS) is 10.4. The second kappa shape index (κ2) is 8.78. The van der Waals surface area contributed by atoms with Gasteiger partial charge in [-0.2, -0.15) is 5.26 Å². The van der Waals surface area contributed by atoms with Crippen molar-refractivity contribution in [3.05, 3.63) is 45.6 Å². The summed E-state index contributed by atoms with van der Waals surface area (Å²) in [7, 11) is 0. The van der Waals surface area contributed by atoms with Gasteiger partial charge in [0.05, 0.1) is 4.92 Å². The van der Waals surface area contributed by atoms with Crippen molar-refractivity contribution in [3.8, 4) is 6.07 Å². The number of hydrogen-bond acceptors (Lipinski definition) is 7. The zero-order valence-electron chi connectivity index (χ0n) is 13.5. The Morgan fingerprint density at radius 3 is 2.52 bits per heavy atom. The SMILES string of the molecule is CCC(=O)NC(=O)NC(=O)C(C#N)=CNc1ccc([N+](=O)[O-])cc1C. The number of nitrogens with zero attached hydrogens (tertiary/aromatic N) is 2. The van der Waals surface area contributed by atoms with Crippen LogP contribution >= 0.6 is 0 Å². The largest absolute Gasteiger partial charge is 0.360 e. The summed E-state index contributed by atoms with van der Waals surface area (Å²) in [4.78, 5) is 44.4. The minimum atomic E-state index is -1.04. The van der Waals surface area contributed by atoms with Crippen molar-refractivity contribution >= 4 is 29.2 Å². The molecule has 0 aliphatic rings. The number of hydrogen-bond donors (Lipinski definition) is 3. The number of nitro groups is 1. The van der Waals surface area contributed by atoms with Crippen LogP contribution in [0.25, 0.3) is 0 Å². The van der Waals surface area contributed by atoms with Crippen LogP contribution in [0, 0.1) is 28.4 Å². The quantitative estimate of drug-likeness (QED) is 0.316. The molecule has 0 aromatic heterocycles. The lowest BCUT2D eigenvalue weighted by Gasteiger charge is -2.07. The topological polar surface area (TPSA) is 154 Å². The highest BCUT2D eigenvalue weighted by molar-refractivity contribution is 6.09. The summed E-state index contributed by atoms with van der Waals surface area (Å²) in [5.74, 6) is -1.58. The van der Waals surface area contributed by atoms with E-state index in [1.807, 2.05) is 10.6 Å². The molecule has 25 heavy (non-hydrogen) atoms. The average Bonchev–Trinajstić information content (AvgIpc) is 2.55. The van der Waals surface area contributed by atoms with Gasteiger partial charge < -0.3 is 5.32 Å². The number of nitro benzene ring substituents is 1. The zero-order chi connectivity index (χ0) is 19.0. The number of aryl methyl sites for hydroxylation is 1. The number of nitriles is 1. The van der Waals surface area contributed by atoms with Crippen LogP contribution in [-0.4, -0.2) is 22.8 Å². The third-order valence-electron chi connectivity index (χ3n) is 2.96. The van der Waals surface area contributed by atoms with E-state index in [2.05, 4.69) is 5.32 Å². The van der Waals surface area contributed by atoms with E-state index in [1.54, 1.807) is 13.0 Å². The first-order valence-corrected chi connectivity index (χ1v) is 7.05. The molecule has 1 rings (SSSR count). The zero-order valence-corrected chi connectivity index (χ0v) is 13.5. The number of imide groups is 2. The van der Waals surface area contributed by atoms with Crippen molar-refractivity contribution in [1.29, 1.82) is 5.26 Å². The fourth-order valence-corrected chi connectivity index (χ4v) is 1.64. The Morgan fingerprint density at radius 2 is 2.00 bits per heavy atom. The molecule has 0 spiro atoms. The fourth-order valence-electron chi connectivity index (χ4n) is 1.64. The Morgan fingerprint density at radius 1 is 1.32 bits per heavy atom. The molecule has 1 aromatic rings. The Balaban J connectivity index is 2.81. The van der Waals surface area contributed by atoms with Crippen molar-refractivity contribution < 1.29 is 19.3 Å². The summed E-state index contributed by atoms with van der Waals surface area (Å²) in [6.45, 7) is 3.14. The molecule has 10 heteroatoms. The van der Waals surface area contributed by atoms with Gasteiger partial charge in [-0.15, -0.1) is 0 Å². The first kappa shape index (κ1) is 19.3. The Labute approximate surface area is 142 Å². The Bertz CT molecular complexity index is 794. The number of benzene rings is 1. The summed E-state index contributed by atoms with van der Waals surface area (Å²) in [5.41, 5.74) is 0.450. The molecule has 0 fully saturated rings. The molecule has 0 radical (unpaired) electrons. The third-order valence-corrected chi connectivity index (χ3v) is 2.96. The Kier molecular flexibility index (Phi) is 6.78. The number of carbonyl (C=O) groups is 3. The van der Waals surface area contributed by atoms with E-state index < -0.39 is 28.3 Å². The van der Waals surface area contributed by atoms with Gasteiger partial charge in [-0.3, -0.25) is 30.3 Å². The van der Waals surface area contributed by atoms with Crippen molar-refractivity contribution in [2.24, 2.45) is 0 Å². The van der Waals surface area contributed by atoms with E-state index in [0.717, 1.165) is 6.20 Å². The van der Waals surface area contributed by atoms with Crippen LogP contribution in [-0.2, 0) is 9.59 Å². The van der Waals surface area contributed by atoms with E-state index in [4.69, 9.17) is 5.26 Å². The Hall–Kier alpha value is -3.74. The molecule has 0 aliphatic heterocycles. The number of amides is 4. The van der Waals surface area contributed by atoms with Gasteiger partial charge in [0, 0.05) is 30.4 Å². The number of non-ortho nitro benzene ring substituents is 1. The highest BCUT2D eigenvalue weighted by Gasteiger charge is 2.14. The number of urea groups is 1. The van der Waals surface area contributed by atoms with Gasteiger partial charge in [0.15, 0.2) is 0 Å². The van der Waals surface area contributed by atoms with Gasteiger partial charge in [0.2, 0.25) is 5.91 Å². The summed E-state index contributed by atoms with van der Waals surface area (Å²) < 4.78 is 0. The minimum Gasteiger partial charge on any atom is -0.360 e. The van der Waals surface area contributed by atoms with Gasteiger partial charge >= 0.3 is 6.03 Å². The van der Waals surface area contributed by atoms with Gasteiger partial charge in [0.1, 0.15) is 11.6 Å². The van der Waals surface area contributed by atoms with E-state index >= 15 is 0 Å². The highest BCUT2D eigenvalue weighted by atomic mass is 16.6. The first-order chi connectivity index (χ1) is 11.8. The minimum absolute atomic E-state index is 0.0591. The highest BCUT2D eigenvalue weighted by Crippen LogP contribution is 2.21. The standard InChI is InChI=1S/C15H15N5O5/c1-3-13(21)18-15(23)19-14(22)10(7-16)8-17-12-5-4-11(20(24)25)6-9(12)2/h4-6,8,17H,3H2,1-2H3,(H2,18,19,21,22,23). The molecule has 0 saturated heterocycles. The first-order valence-electron chi connectivity index (χ1n) is 7.05. The maximum absolute atomic E-state index is 11.8. The van der Waals surface area contributed by atoms with E-state index in [9.17, 15) is 24.5 Å². The number of carbonyl (C=O) groups excluding carboxylic acids is 3. The molecule has 0 aliphatic carbocycles. The number of anilines is 1. The molecule has 10 nitrogen and oxygen atoms in total. The molecule has 130 valence electrons. The number of rotatable bonds is 5. The second-order valence-electron chi connectivity index (χ2n) is 4.76. The number of nitrogens with one attached hydrogen (secondary N) is 3. The molecule has 4 amide bonds. The third kappa shape index (κ3) is 5.76. The van der Waals surface area contributed by atoms with Crippen LogP contribution in [0.15, 0.2) is 30.0 Å². The van der Waals surface area contributed by atoms with Gasteiger partial charge in [0.25, 0.3) is 11.6 Å².